The lowest BCUT2D eigenvalue weighted by Crippen LogP contribution is -2.18. The van der Waals surface area contributed by atoms with Gasteiger partial charge in [-0.1, -0.05) is 6.07 Å². The number of carbonyl (C=O) groups excluding carboxylic acids is 1. The Labute approximate surface area is 168 Å². The number of ether oxygens (including phenoxy) is 1. The van der Waals surface area contributed by atoms with Crippen LogP contribution >= 0.6 is 0 Å². The van der Waals surface area contributed by atoms with Gasteiger partial charge in [0.1, 0.15) is 5.56 Å². The third-order valence-electron chi connectivity index (χ3n) is 4.32. The van der Waals surface area contributed by atoms with Crippen LogP contribution in [0, 0.1) is 5.92 Å². The van der Waals surface area contributed by atoms with Crippen molar-refractivity contribution in [3.8, 4) is 5.88 Å². The van der Waals surface area contributed by atoms with Crippen molar-refractivity contribution in [2.45, 2.75) is 23.4 Å². The number of hydrogen-bond donors (Lipinski definition) is 1. The van der Waals surface area contributed by atoms with Gasteiger partial charge in [-0.15, -0.1) is 0 Å². The average molecular weight is 450 g/mol. The highest BCUT2D eigenvalue weighted by atomic mass is 32.2. The summed E-state index contributed by atoms with van der Waals surface area (Å²) in [7, 11) is -3.59. The van der Waals surface area contributed by atoms with Gasteiger partial charge in [0.05, 0.1) is 23.0 Å². The number of aromatic nitrogens is 1. The topological polar surface area (TPSA) is 85.4 Å². The molecule has 1 heterocycles. The Balaban J connectivity index is 1.88. The zero-order valence-corrected chi connectivity index (χ0v) is 16.2. The van der Waals surface area contributed by atoms with Crippen LogP contribution in [-0.4, -0.2) is 38.1 Å². The van der Waals surface area contributed by atoms with E-state index in [2.05, 4.69) is 10.3 Å². The van der Waals surface area contributed by atoms with Gasteiger partial charge in [0.15, 0.2) is 9.84 Å². The van der Waals surface area contributed by atoms with Gasteiger partial charge >= 0.3 is 6.18 Å². The lowest BCUT2D eigenvalue weighted by Gasteiger charge is -2.14. The number of nitrogens with one attached hydrogen (secondary N) is 1. The lowest BCUT2D eigenvalue weighted by molar-refractivity contribution is -0.137. The maximum Gasteiger partial charge on any atom is 0.417 e. The van der Waals surface area contributed by atoms with Crippen molar-refractivity contribution in [2.24, 2.45) is 5.92 Å². The molecule has 6 nitrogen and oxygen atoms in total. The number of rotatable bonds is 6. The summed E-state index contributed by atoms with van der Waals surface area (Å²) in [5, 5.41) is 2.27. The first-order valence-corrected chi connectivity index (χ1v) is 10.4. The van der Waals surface area contributed by atoms with Gasteiger partial charge in [-0.2, -0.15) is 13.2 Å². The third-order valence-corrected chi connectivity index (χ3v) is 5.43. The number of benzene rings is 1. The van der Waals surface area contributed by atoms with Crippen LogP contribution in [0.2, 0.25) is 0 Å². The minimum Gasteiger partial charge on any atom is -0.477 e. The summed E-state index contributed by atoms with van der Waals surface area (Å²) in [6.07, 6.45) is -3.85. The number of nitrogens with zero attached hydrogens (tertiary/aromatic N) is 1. The van der Waals surface area contributed by atoms with Crippen LogP contribution in [0.15, 0.2) is 41.4 Å². The third kappa shape index (κ3) is 5.04. The number of halogens is 5. The predicted molar refractivity (Wildman–Crippen MR) is 95.3 cm³/mol. The molecule has 1 saturated carbocycles. The summed E-state index contributed by atoms with van der Waals surface area (Å²) in [6, 6.07) is 5.56. The predicted octanol–water partition coefficient (Wildman–Crippen LogP) is 3.79. The van der Waals surface area contributed by atoms with E-state index in [1.165, 1.54) is 18.2 Å². The molecule has 0 spiro atoms. The molecule has 2 aromatic rings. The first-order valence-electron chi connectivity index (χ1n) is 8.47. The van der Waals surface area contributed by atoms with Gasteiger partial charge in [-0.3, -0.25) is 4.79 Å². The average Bonchev–Trinajstić information content (AvgIpc) is 3.25. The van der Waals surface area contributed by atoms with Crippen molar-refractivity contribution in [1.29, 1.82) is 0 Å². The molecule has 0 radical (unpaired) electrons. The van der Waals surface area contributed by atoms with Gasteiger partial charge in [0.25, 0.3) is 11.8 Å². The molecular weight excluding hydrogens is 435 g/mol. The van der Waals surface area contributed by atoms with E-state index >= 15 is 0 Å². The number of amides is 1. The molecule has 1 N–H and O–H groups in total. The summed E-state index contributed by atoms with van der Waals surface area (Å²) < 4.78 is 93.5. The first kappa shape index (κ1) is 21.9. The fourth-order valence-corrected chi connectivity index (χ4v) is 3.18. The molecule has 162 valence electrons. The summed E-state index contributed by atoms with van der Waals surface area (Å²) in [5.41, 5.74) is -1.86. The summed E-state index contributed by atoms with van der Waals surface area (Å²) in [5.74, 6) is -5.64. The number of carbonyl (C=O) groups is 1. The van der Waals surface area contributed by atoms with E-state index in [0.29, 0.717) is 12.3 Å². The van der Waals surface area contributed by atoms with Crippen LogP contribution in [0.4, 0.5) is 27.6 Å². The molecule has 1 fully saturated rings. The zero-order valence-electron chi connectivity index (χ0n) is 15.3. The summed E-state index contributed by atoms with van der Waals surface area (Å²) in [6.45, 7) is -0.519. The summed E-state index contributed by atoms with van der Waals surface area (Å²) >= 11 is 0. The van der Waals surface area contributed by atoms with Crippen LogP contribution in [0.3, 0.4) is 0 Å². The van der Waals surface area contributed by atoms with Crippen molar-refractivity contribution in [3.05, 3.63) is 47.7 Å². The van der Waals surface area contributed by atoms with E-state index in [1.54, 1.807) is 0 Å². The maximum atomic E-state index is 13.0. The Morgan fingerprint density at radius 1 is 1.30 bits per heavy atom. The Kier molecular flexibility index (Phi) is 5.48. The molecular formula is C18H15F5N2O4S. The fourth-order valence-electron chi connectivity index (χ4n) is 2.52. The fraction of sp³-hybridized carbons (Fsp3) is 0.333. The molecule has 0 saturated heterocycles. The Hall–Kier alpha value is -2.76. The monoisotopic (exact) mass is 450 g/mol. The van der Waals surface area contributed by atoms with Crippen molar-refractivity contribution in [3.63, 3.8) is 0 Å². The van der Waals surface area contributed by atoms with Crippen molar-refractivity contribution < 1.29 is 39.9 Å². The van der Waals surface area contributed by atoms with Gasteiger partial charge in [0.2, 0.25) is 5.88 Å². The molecule has 1 aliphatic carbocycles. The lowest BCUT2D eigenvalue weighted by atomic mass is 10.1. The highest BCUT2D eigenvalue weighted by molar-refractivity contribution is 7.90. The molecule has 1 amide bonds. The van der Waals surface area contributed by atoms with E-state index < -0.39 is 63.8 Å². The minimum atomic E-state index is -4.81. The number of anilines is 1. The molecule has 1 aromatic carbocycles. The molecule has 1 unspecified atom stereocenters. The number of hydrogen-bond acceptors (Lipinski definition) is 5. The molecule has 3 rings (SSSR count). The van der Waals surface area contributed by atoms with Crippen LogP contribution in [0.25, 0.3) is 0 Å². The highest BCUT2D eigenvalue weighted by Crippen LogP contribution is 2.48. The van der Waals surface area contributed by atoms with E-state index in [9.17, 15) is 35.2 Å². The van der Waals surface area contributed by atoms with Gasteiger partial charge < -0.3 is 10.1 Å². The molecule has 0 bridgehead atoms. The minimum absolute atomic E-state index is 0.0000120. The maximum absolute atomic E-state index is 13.0. The standard InChI is InChI=1S/C18H15F5N2O4S/c1-30(27,28)13-4-2-3-12(6-13)25-15(26)14-5-10(18(21,22)23)8-24-16(14)29-9-11-7-17(11,19)20/h2-6,8,11H,7,9H2,1H3,(H,25,26). The number of alkyl halides is 5. The van der Waals surface area contributed by atoms with Gasteiger partial charge in [-0.25, -0.2) is 22.2 Å². The largest absolute Gasteiger partial charge is 0.477 e. The van der Waals surface area contributed by atoms with Crippen molar-refractivity contribution in [1.82, 2.24) is 4.98 Å². The van der Waals surface area contributed by atoms with Crippen molar-refractivity contribution >= 4 is 21.4 Å². The molecule has 0 aliphatic heterocycles. The summed E-state index contributed by atoms with van der Waals surface area (Å²) in [4.78, 5) is 15.9. The van der Waals surface area contributed by atoms with Crippen LogP contribution in [-0.2, 0) is 16.0 Å². The Bertz CT molecular complexity index is 1090. The quantitative estimate of drug-likeness (QED) is 0.677. The SMILES string of the molecule is CS(=O)(=O)c1cccc(NC(=O)c2cc(C(F)(F)F)cnc2OCC2CC2(F)F)c1. The second-order valence-corrected chi connectivity index (χ2v) is 8.82. The van der Waals surface area contributed by atoms with Crippen LogP contribution < -0.4 is 10.1 Å². The van der Waals surface area contributed by atoms with Crippen molar-refractivity contribution in [2.75, 3.05) is 18.2 Å². The number of pyridine rings is 1. The molecule has 12 heteroatoms. The van der Waals surface area contributed by atoms with Crippen LogP contribution in [0.5, 0.6) is 5.88 Å². The molecule has 1 aromatic heterocycles. The number of sulfone groups is 1. The van der Waals surface area contributed by atoms with E-state index in [1.807, 2.05) is 0 Å². The first-order chi connectivity index (χ1) is 13.8. The molecule has 30 heavy (non-hydrogen) atoms. The zero-order chi connectivity index (χ0) is 22.3. The highest BCUT2D eigenvalue weighted by Gasteiger charge is 2.57. The molecule has 1 atom stereocenters. The van der Waals surface area contributed by atoms with E-state index in [-0.39, 0.29) is 10.6 Å². The van der Waals surface area contributed by atoms with Crippen LogP contribution in [0.1, 0.15) is 22.3 Å². The second kappa shape index (κ2) is 7.49. The Morgan fingerprint density at radius 2 is 1.97 bits per heavy atom. The van der Waals surface area contributed by atoms with Gasteiger partial charge in [-0.05, 0) is 24.3 Å². The smallest absolute Gasteiger partial charge is 0.417 e. The van der Waals surface area contributed by atoms with E-state index in [4.69, 9.17) is 4.74 Å². The second-order valence-electron chi connectivity index (χ2n) is 6.80. The normalized spacial score (nSPS) is 18.0. The van der Waals surface area contributed by atoms with Gasteiger partial charge in [0, 0.05) is 24.6 Å². The molecule has 1 aliphatic rings. The Morgan fingerprint density at radius 3 is 2.53 bits per heavy atom. The van der Waals surface area contributed by atoms with E-state index in [0.717, 1.165) is 12.3 Å².